The van der Waals surface area contributed by atoms with Gasteiger partial charge in [-0.25, -0.2) is 13.1 Å². The van der Waals surface area contributed by atoms with Crippen molar-refractivity contribution in [2.75, 3.05) is 37.4 Å². The lowest BCUT2D eigenvalue weighted by Crippen LogP contribution is -2.26. The molecule has 0 bridgehead atoms. The Morgan fingerprint density at radius 3 is 2.56 bits per heavy atom. The van der Waals surface area contributed by atoms with Gasteiger partial charge in [0.05, 0.1) is 12.3 Å². The van der Waals surface area contributed by atoms with Crippen molar-refractivity contribution in [3.05, 3.63) is 18.2 Å². The molecule has 0 saturated heterocycles. The van der Waals surface area contributed by atoms with E-state index in [1.165, 1.54) is 13.1 Å². The van der Waals surface area contributed by atoms with E-state index < -0.39 is 10.0 Å². The first kappa shape index (κ1) is 14.7. The van der Waals surface area contributed by atoms with Gasteiger partial charge < -0.3 is 15.7 Å². The summed E-state index contributed by atoms with van der Waals surface area (Å²) in [5.41, 5.74) is 6.75. The third-order valence-corrected chi connectivity index (χ3v) is 4.16. The summed E-state index contributed by atoms with van der Waals surface area (Å²) in [5, 5.41) is 8.94. The van der Waals surface area contributed by atoms with E-state index >= 15 is 0 Å². The Hall–Kier alpha value is -1.31. The van der Waals surface area contributed by atoms with E-state index in [2.05, 4.69) is 4.72 Å². The number of hydrogen-bond donors (Lipinski definition) is 3. The molecule has 102 valence electrons. The summed E-state index contributed by atoms with van der Waals surface area (Å²) < 4.78 is 25.5. The van der Waals surface area contributed by atoms with Gasteiger partial charge in [0.1, 0.15) is 4.90 Å². The van der Waals surface area contributed by atoms with Crippen LogP contribution < -0.4 is 15.4 Å². The molecule has 1 rings (SSSR count). The minimum atomic E-state index is -3.53. The van der Waals surface area contributed by atoms with Crippen LogP contribution in [0, 0.1) is 0 Å². The van der Waals surface area contributed by atoms with Gasteiger partial charge in [-0.2, -0.15) is 0 Å². The van der Waals surface area contributed by atoms with Crippen LogP contribution in [0.1, 0.15) is 6.92 Å². The molecule has 0 heterocycles. The van der Waals surface area contributed by atoms with Crippen molar-refractivity contribution in [1.82, 2.24) is 4.72 Å². The molecule has 7 heteroatoms. The highest BCUT2D eigenvalue weighted by atomic mass is 32.2. The fourth-order valence-electron chi connectivity index (χ4n) is 1.68. The van der Waals surface area contributed by atoms with Crippen molar-refractivity contribution in [2.24, 2.45) is 0 Å². The number of nitrogen functional groups attached to an aromatic ring is 1. The number of rotatable bonds is 6. The number of nitrogens with two attached hydrogens (primary N) is 1. The minimum absolute atomic E-state index is 0.0321. The Balaban J connectivity index is 3.13. The van der Waals surface area contributed by atoms with Gasteiger partial charge in [0.25, 0.3) is 0 Å². The molecular weight excluding hydrogens is 254 g/mol. The van der Waals surface area contributed by atoms with Crippen LogP contribution in [-0.2, 0) is 10.0 Å². The summed E-state index contributed by atoms with van der Waals surface area (Å²) in [7, 11) is -2.19. The number of nitrogens with zero attached hydrogens (tertiary/aromatic N) is 1. The number of nitrogens with one attached hydrogen (secondary N) is 1. The van der Waals surface area contributed by atoms with Crippen molar-refractivity contribution >= 4 is 21.4 Å². The lowest BCUT2D eigenvalue weighted by Gasteiger charge is -2.22. The smallest absolute Gasteiger partial charge is 0.242 e. The largest absolute Gasteiger partial charge is 0.398 e. The highest BCUT2D eigenvalue weighted by Gasteiger charge is 2.16. The first-order valence-electron chi connectivity index (χ1n) is 5.65. The molecule has 0 amide bonds. The number of likely N-dealkylation sites (N-methyl/N-ethyl adjacent to an activating group) is 1. The fraction of sp³-hybridized carbons (Fsp3) is 0.455. The van der Waals surface area contributed by atoms with E-state index in [0.29, 0.717) is 13.1 Å². The van der Waals surface area contributed by atoms with Crippen molar-refractivity contribution in [3.63, 3.8) is 0 Å². The number of anilines is 2. The third-order valence-electron chi connectivity index (χ3n) is 2.67. The van der Waals surface area contributed by atoms with Crippen LogP contribution in [-0.4, -0.2) is 40.3 Å². The van der Waals surface area contributed by atoms with Gasteiger partial charge >= 0.3 is 0 Å². The summed E-state index contributed by atoms with van der Waals surface area (Å²) >= 11 is 0. The van der Waals surface area contributed by atoms with E-state index in [0.717, 1.165) is 5.69 Å². The van der Waals surface area contributed by atoms with E-state index in [9.17, 15) is 8.42 Å². The van der Waals surface area contributed by atoms with Crippen LogP contribution in [0.4, 0.5) is 11.4 Å². The van der Waals surface area contributed by atoms with Gasteiger partial charge in [0.15, 0.2) is 0 Å². The van der Waals surface area contributed by atoms with Gasteiger partial charge in [-0.05, 0) is 32.2 Å². The average Bonchev–Trinajstić information content (AvgIpc) is 2.35. The number of hydrogen-bond acceptors (Lipinski definition) is 5. The molecule has 0 aliphatic carbocycles. The predicted octanol–water partition coefficient (Wildman–Crippen LogP) is -0.00450. The van der Waals surface area contributed by atoms with Gasteiger partial charge in [0.2, 0.25) is 10.0 Å². The van der Waals surface area contributed by atoms with Crippen LogP contribution >= 0.6 is 0 Å². The van der Waals surface area contributed by atoms with Crippen LogP contribution in [0.5, 0.6) is 0 Å². The first-order chi connectivity index (χ1) is 8.46. The normalized spacial score (nSPS) is 11.5. The average molecular weight is 273 g/mol. The molecule has 0 radical (unpaired) electrons. The van der Waals surface area contributed by atoms with Gasteiger partial charge in [-0.3, -0.25) is 0 Å². The topological polar surface area (TPSA) is 95.7 Å². The monoisotopic (exact) mass is 273 g/mol. The van der Waals surface area contributed by atoms with Gasteiger partial charge in [-0.1, -0.05) is 0 Å². The molecule has 18 heavy (non-hydrogen) atoms. The second-order valence-corrected chi connectivity index (χ2v) is 5.59. The zero-order valence-electron chi connectivity index (χ0n) is 10.5. The Kier molecular flexibility index (Phi) is 4.94. The lowest BCUT2D eigenvalue weighted by atomic mass is 10.2. The Morgan fingerprint density at radius 2 is 2.11 bits per heavy atom. The highest BCUT2D eigenvalue weighted by molar-refractivity contribution is 7.89. The zero-order chi connectivity index (χ0) is 13.8. The highest BCUT2D eigenvalue weighted by Crippen LogP contribution is 2.24. The molecule has 0 aliphatic rings. The van der Waals surface area contributed by atoms with Gasteiger partial charge in [0, 0.05) is 18.8 Å². The fourth-order valence-corrected chi connectivity index (χ4v) is 2.51. The molecule has 0 spiro atoms. The van der Waals surface area contributed by atoms with E-state index in [-0.39, 0.29) is 17.2 Å². The molecule has 4 N–H and O–H groups in total. The molecule has 6 nitrogen and oxygen atoms in total. The predicted molar refractivity (Wildman–Crippen MR) is 72.1 cm³/mol. The lowest BCUT2D eigenvalue weighted by molar-refractivity contribution is 0.302. The molecule has 0 fully saturated rings. The van der Waals surface area contributed by atoms with E-state index in [1.54, 1.807) is 12.1 Å². The quantitative estimate of drug-likeness (QED) is 0.634. The third kappa shape index (κ3) is 3.12. The summed E-state index contributed by atoms with van der Waals surface area (Å²) in [4.78, 5) is 1.97. The van der Waals surface area contributed by atoms with E-state index in [4.69, 9.17) is 10.8 Å². The molecule has 0 aromatic heterocycles. The molecule has 1 aromatic rings. The van der Waals surface area contributed by atoms with Crippen LogP contribution in [0.25, 0.3) is 0 Å². The zero-order valence-corrected chi connectivity index (χ0v) is 11.4. The molecule has 0 unspecified atom stereocenters. The molecule has 1 aromatic carbocycles. The number of benzene rings is 1. The Bertz CT molecular complexity index is 502. The number of aliphatic hydroxyl groups excluding tert-OH is 1. The summed E-state index contributed by atoms with van der Waals surface area (Å²) in [6, 6.07) is 4.75. The summed E-state index contributed by atoms with van der Waals surface area (Å²) in [5.74, 6) is 0. The van der Waals surface area contributed by atoms with Gasteiger partial charge in [-0.15, -0.1) is 0 Å². The standard InChI is InChI=1S/C11H19N3O3S/c1-3-14(6-7-15)9-4-5-11(10(12)8-9)18(16,17)13-2/h4-5,8,13,15H,3,6-7,12H2,1-2H3. The molecular formula is C11H19N3O3S. The Morgan fingerprint density at radius 1 is 1.44 bits per heavy atom. The summed E-state index contributed by atoms with van der Waals surface area (Å²) in [6.07, 6.45) is 0. The summed E-state index contributed by atoms with van der Waals surface area (Å²) in [6.45, 7) is 3.17. The van der Waals surface area contributed by atoms with Crippen LogP contribution in [0.2, 0.25) is 0 Å². The second kappa shape index (κ2) is 6.03. The molecule has 0 atom stereocenters. The van der Waals surface area contributed by atoms with E-state index in [1.807, 2.05) is 11.8 Å². The maximum Gasteiger partial charge on any atom is 0.242 e. The molecule has 0 aliphatic heterocycles. The number of aliphatic hydroxyl groups is 1. The van der Waals surface area contributed by atoms with Crippen molar-refractivity contribution in [3.8, 4) is 0 Å². The molecule has 0 saturated carbocycles. The maximum absolute atomic E-state index is 11.7. The maximum atomic E-state index is 11.7. The minimum Gasteiger partial charge on any atom is -0.398 e. The van der Waals surface area contributed by atoms with Crippen molar-refractivity contribution in [1.29, 1.82) is 0 Å². The second-order valence-electron chi connectivity index (χ2n) is 3.73. The van der Waals surface area contributed by atoms with Crippen LogP contribution in [0.15, 0.2) is 23.1 Å². The first-order valence-corrected chi connectivity index (χ1v) is 7.13. The van der Waals surface area contributed by atoms with Crippen molar-refractivity contribution in [2.45, 2.75) is 11.8 Å². The van der Waals surface area contributed by atoms with Crippen molar-refractivity contribution < 1.29 is 13.5 Å². The number of sulfonamides is 1. The Labute approximate surface area is 107 Å². The SMILES string of the molecule is CCN(CCO)c1ccc(S(=O)(=O)NC)c(N)c1. The van der Waals surface area contributed by atoms with Crippen LogP contribution in [0.3, 0.4) is 0 Å².